The van der Waals surface area contributed by atoms with E-state index in [1.807, 2.05) is 0 Å². The normalized spacial score (nSPS) is 9.05. The summed E-state index contributed by atoms with van der Waals surface area (Å²) in [6.07, 6.45) is 0. The fraction of sp³-hybridized carbons (Fsp3) is 0.0769. The Bertz CT molecular complexity index is 586. The first-order valence-corrected chi connectivity index (χ1v) is 5.53. The summed E-state index contributed by atoms with van der Waals surface area (Å²) in [5, 5.41) is 20.3. The van der Waals surface area contributed by atoms with Gasteiger partial charge in [-0.05, 0) is 6.07 Å². The molecule has 104 valence electrons. The van der Waals surface area contributed by atoms with Crippen molar-refractivity contribution in [3.8, 4) is 5.75 Å². The van der Waals surface area contributed by atoms with E-state index in [9.17, 15) is 20.2 Å². The van der Waals surface area contributed by atoms with Crippen LogP contribution in [-0.2, 0) is 0 Å². The van der Waals surface area contributed by atoms with Crippen LogP contribution in [-0.4, -0.2) is 17.0 Å². The van der Waals surface area contributed by atoms with E-state index in [1.165, 1.54) is 25.3 Å². The quantitative estimate of drug-likeness (QED) is 0.633. The van der Waals surface area contributed by atoms with E-state index in [4.69, 9.17) is 4.74 Å². The number of ether oxygens (including phenoxy) is 1. The average molecular weight is 276 g/mol. The van der Waals surface area contributed by atoms with Gasteiger partial charge in [-0.2, -0.15) is 0 Å². The van der Waals surface area contributed by atoms with E-state index in [-0.39, 0.29) is 17.1 Å². The molecule has 2 rings (SSSR count). The van der Waals surface area contributed by atoms with Crippen molar-refractivity contribution >= 4 is 11.4 Å². The van der Waals surface area contributed by atoms with Crippen LogP contribution in [0.3, 0.4) is 0 Å². The molecule has 0 aliphatic heterocycles. The number of nitro benzene ring substituents is 2. The summed E-state index contributed by atoms with van der Waals surface area (Å²) < 4.78 is 4.76. The molecule has 0 aliphatic carbocycles. The number of methoxy groups -OCH3 is 1. The highest BCUT2D eigenvalue weighted by atomic mass is 16.6. The summed E-state index contributed by atoms with van der Waals surface area (Å²) >= 11 is 0. The average Bonchev–Trinajstić information content (AvgIpc) is 2.48. The molecule has 0 N–H and O–H groups in total. The maximum Gasteiger partial charge on any atom is 0.310 e. The van der Waals surface area contributed by atoms with E-state index >= 15 is 0 Å². The predicted octanol–water partition coefficient (Wildman–Crippen LogP) is 3.20. The zero-order valence-corrected chi connectivity index (χ0v) is 10.6. The molecule has 0 aliphatic rings. The standard InChI is InChI=1S/C7H7NO3.C6H5NO2/c1-11-7-5-3-2-4-6(7)8(9)10;8-7(9)6-4-2-1-3-5-6/h2-5H,1H3;1-5H. The molecular formula is C13H12N2O5. The highest BCUT2D eigenvalue weighted by Crippen LogP contribution is 2.24. The van der Waals surface area contributed by atoms with E-state index in [0.717, 1.165) is 0 Å². The van der Waals surface area contributed by atoms with Gasteiger partial charge in [0, 0.05) is 18.2 Å². The van der Waals surface area contributed by atoms with Gasteiger partial charge in [0.05, 0.1) is 17.0 Å². The van der Waals surface area contributed by atoms with E-state index < -0.39 is 9.85 Å². The van der Waals surface area contributed by atoms with Gasteiger partial charge in [0.15, 0.2) is 5.75 Å². The van der Waals surface area contributed by atoms with Crippen LogP contribution < -0.4 is 4.74 Å². The van der Waals surface area contributed by atoms with Crippen LogP contribution in [0.4, 0.5) is 11.4 Å². The van der Waals surface area contributed by atoms with E-state index in [1.54, 1.807) is 36.4 Å². The second kappa shape index (κ2) is 7.47. The number of non-ortho nitro benzene ring substituents is 1. The van der Waals surface area contributed by atoms with Gasteiger partial charge in [-0.25, -0.2) is 0 Å². The van der Waals surface area contributed by atoms with Crippen molar-refractivity contribution < 1.29 is 14.6 Å². The van der Waals surface area contributed by atoms with Crippen molar-refractivity contribution in [2.24, 2.45) is 0 Å². The molecule has 0 heterocycles. The summed E-state index contributed by atoms with van der Waals surface area (Å²) in [7, 11) is 1.41. The Kier molecular flexibility index (Phi) is 5.64. The number of nitro groups is 2. The highest BCUT2D eigenvalue weighted by Gasteiger charge is 2.11. The lowest BCUT2D eigenvalue weighted by atomic mass is 10.3. The van der Waals surface area contributed by atoms with Crippen LogP contribution >= 0.6 is 0 Å². The molecule has 0 atom stereocenters. The largest absolute Gasteiger partial charge is 0.490 e. The second-order valence-electron chi connectivity index (χ2n) is 3.52. The van der Waals surface area contributed by atoms with Gasteiger partial charge >= 0.3 is 5.69 Å². The van der Waals surface area contributed by atoms with Gasteiger partial charge in [-0.1, -0.05) is 30.3 Å². The summed E-state index contributed by atoms with van der Waals surface area (Å²) in [6.45, 7) is 0. The molecule has 0 amide bonds. The lowest BCUT2D eigenvalue weighted by molar-refractivity contribution is -0.385. The molecule has 7 nitrogen and oxygen atoms in total. The van der Waals surface area contributed by atoms with Crippen LogP contribution in [0.2, 0.25) is 0 Å². The van der Waals surface area contributed by atoms with Crippen LogP contribution in [0.25, 0.3) is 0 Å². The summed E-state index contributed by atoms with van der Waals surface area (Å²) in [5.74, 6) is 0.289. The molecule has 0 aromatic heterocycles. The van der Waals surface area contributed by atoms with Gasteiger partial charge in [0.25, 0.3) is 5.69 Å². The van der Waals surface area contributed by atoms with Gasteiger partial charge in [0.2, 0.25) is 0 Å². The van der Waals surface area contributed by atoms with Gasteiger partial charge in [-0.3, -0.25) is 20.2 Å². The van der Waals surface area contributed by atoms with E-state index in [0.29, 0.717) is 0 Å². The van der Waals surface area contributed by atoms with Crippen molar-refractivity contribution in [1.29, 1.82) is 0 Å². The summed E-state index contributed by atoms with van der Waals surface area (Å²) in [4.78, 5) is 19.4. The molecule has 0 radical (unpaired) electrons. The third-order valence-electron chi connectivity index (χ3n) is 2.25. The maximum atomic E-state index is 10.3. The molecular weight excluding hydrogens is 264 g/mol. The van der Waals surface area contributed by atoms with Crippen molar-refractivity contribution in [3.05, 3.63) is 74.8 Å². The van der Waals surface area contributed by atoms with Gasteiger partial charge in [-0.15, -0.1) is 0 Å². The minimum absolute atomic E-state index is 0.00463. The zero-order chi connectivity index (χ0) is 15.0. The number of hydrogen-bond donors (Lipinski definition) is 0. The van der Waals surface area contributed by atoms with Crippen molar-refractivity contribution in [1.82, 2.24) is 0 Å². The Morgan fingerprint density at radius 2 is 1.40 bits per heavy atom. The molecule has 7 heteroatoms. The summed E-state index contributed by atoms with van der Waals surface area (Å²) in [5.41, 5.74) is 0.132. The highest BCUT2D eigenvalue weighted by molar-refractivity contribution is 5.45. The molecule has 0 saturated heterocycles. The Balaban J connectivity index is 0.000000204. The minimum Gasteiger partial charge on any atom is -0.490 e. The molecule has 2 aromatic carbocycles. The number of hydrogen-bond acceptors (Lipinski definition) is 5. The molecule has 0 unspecified atom stereocenters. The topological polar surface area (TPSA) is 95.5 Å². The summed E-state index contributed by atoms with van der Waals surface area (Å²) in [6, 6.07) is 14.2. The Hall–Kier alpha value is -2.96. The Morgan fingerprint density at radius 1 is 0.850 bits per heavy atom. The Morgan fingerprint density at radius 3 is 1.80 bits per heavy atom. The molecule has 0 spiro atoms. The number of rotatable bonds is 3. The first-order valence-electron chi connectivity index (χ1n) is 5.53. The van der Waals surface area contributed by atoms with E-state index in [2.05, 4.69) is 0 Å². The van der Waals surface area contributed by atoms with Crippen molar-refractivity contribution in [2.75, 3.05) is 7.11 Å². The number of benzene rings is 2. The molecule has 0 fully saturated rings. The van der Waals surface area contributed by atoms with Crippen molar-refractivity contribution in [3.63, 3.8) is 0 Å². The van der Waals surface area contributed by atoms with Crippen molar-refractivity contribution in [2.45, 2.75) is 0 Å². The molecule has 20 heavy (non-hydrogen) atoms. The number of nitrogens with zero attached hydrogens (tertiary/aromatic N) is 2. The smallest absolute Gasteiger partial charge is 0.310 e. The lowest BCUT2D eigenvalue weighted by Gasteiger charge is -1.98. The third kappa shape index (κ3) is 4.37. The van der Waals surface area contributed by atoms with Crippen LogP contribution in [0.5, 0.6) is 5.75 Å². The molecule has 2 aromatic rings. The van der Waals surface area contributed by atoms with Crippen LogP contribution in [0.15, 0.2) is 54.6 Å². The second-order valence-corrected chi connectivity index (χ2v) is 3.52. The zero-order valence-electron chi connectivity index (χ0n) is 10.6. The first kappa shape index (κ1) is 15.1. The monoisotopic (exact) mass is 276 g/mol. The fourth-order valence-electron chi connectivity index (χ4n) is 1.33. The fourth-order valence-corrected chi connectivity index (χ4v) is 1.33. The minimum atomic E-state index is -0.473. The van der Waals surface area contributed by atoms with Gasteiger partial charge < -0.3 is 4.74 Å². The van der Waals surface area contributed by atoms with Gasteiger partial charge in [0.1, 0.15) is 0 Å². The van der Waals surface area contributed by atoms with Crippen LogP contribution in [0, 0.1) is 20.2 Å². The lowest BCUT2D eigenvalue weighted by Crippen LogP contribution is -1.92. The predicted molar refractivity (Wildman–Crippen MR) is 72.7 cm³/mol. The maximum absolute atomic E-state index is 10.3. The SMILES string of the molecule is COc1ccccc1[N+](=O)[O-].O=[N+]([O-])c1ccccc1. The Labute approximate surface area is 114 Å². The van der Waals surface area contributed by atoms with Crippen LogP contribution in [0.1, 0.15) is 0 Å². The number of para-hydroxylation sites is 3. The third-order valence-corrected chi connectivity index (χ3v) is 2.25. The first-order chi connectivity index (χ1) is 9.56. The molecule has 0 bridgehead atoms. The molecule has 0 saturated carbocycles.